The number of thiazole rings is 1. The summed E-state index contributed by atoms with van der Waals surface area (Å²) in [6.07, 6.45) is 3.29. The van der Waals surface area contributed by atoms with Crippen molar-refractivity contribution in [2.75, 3.05) is 18.4 Å². The molecule has 1 unspecified atom stereocenters. The number of carbonyl (C=O) groups is 2. The predicted molar refractivity (Wildman–Crippen MR) is 114 cm³/mol. The molecule has 0 bridgehead atoms. The third-order valence-electron chi connectivity index (χ3n) is 5.04. The summed E-state index contributed by atoms with van der Waals surface area (Å²) in [7, 11) is 0. The molecule has 29 heavy (non-hydrogen) atoms. The van der Waals surface area contributed by atoms with Crippen LogP contribution in [0.3, 0.4) is 0 Å². The van der Waals surface area contributed by atoms with Gasteiger partial charge in [-0.15, -0.1) is 11.3 Å². The van der Waals surface area contributed by atoms with Gasteiger partial charge in [0.2, 0.25) is 5.91 Å². The topological polar surface area (TPSA) is 75.2 Å². The highest BCUT2D eigenvalue weighted by Crippen LogP contribution is 2.25. The van der Waals surface area contributed by atoms with Crippen molar-refractivity contribution in [3.05, 3.63) is 65.2 Å². The first-order valence-electron chi connectivity index (χ1n) is 9.64. The van der Waals surface area contributed by atoms with Gasteiger partial charge in [-0.25, -0.2) is 4.98 Å². The number of rotatable bonds is 4. The molecule has 6 nitrogen and oxygen atoms in total. The molecule has 0 saturated carbocycles. The molecule has 2 amide bonds. The first-order valence-corrected chi connectivity index (χ1v) is 10.5. The highest BCUT2D eigenvalue weighted by Gasteiger charge is 2.29. The summed E-state index contributed by atoms with van der Waals surface area (Å²) < 4.78 is 0. The highest BCUT2D eigenvalue weighted by atomic mass is 32.1. The summed E-state index contributed by atoms with van der Waals surface area (Å²) in [6, 6.07) is 13.2. The van der Waals surface area contributed by atoms with Crippen LogP contribution in [0, 0.1) is 12.8 Å². The van der Waals surface area contributed by atoms with E-state index in [0.717, 1.165) is 29.8 Å². The van der Waals surface area contributed by atoms with Crippen LogP contribution in [0.15, 0.2) is 54.0 Å². The SMILES string of the molecule is Cc1ccc(C(=O)N2CCCC(C(=O)Nc3nc(-c4ccccn4)cs3)C2)cc1. The number of piperidine rings is 1. The molecule has 0 aliphatic carbocycles. The fourth-order valence-corrected chi connectivity index (χ4v) is 4.13. The van der Waals surface area contributed by atoms with Gasteiger partial charge in [-0.2, -0.15) is 0 Å². The zero-order chi connectivity index (χ0) is 20.2. The number of hydrogen-bond donors (Lipinski definition) is 1. The number of nitrogens with zero attached hydrogens (tertiary/aromatic N) is 3. The van der Waals surface area contributed by atoms with Crippen molar-refractivity contribution >= 4 is 28.3 Å². The fourth-order valence-electron chi connectivity index (χ4n) is 3.42. The molecule has 1 saturated heterocycles. The molecule has 1 atom stereocenters. The zero-order valence-corrected chi connectivity index (χ0v) is 17.0. The van der Waals surface area contributed by atoms with Crippen molar-refractivity contribution in [1.82, 2.24) is 14.9 Å². The molecule has 1 aliphatic rings. The Morgan fingerprint density at radius 3 is 2.72 bits per heavy atom. The summed E-state index contributed by atoms with van der Waals surface area (Å²) >= 11 is 1.38. The lowest BCUT2D eigenvalue weighted by Crippen LogP contribution is -2.43. The van der Waals surface area contributed by atoms with E-state index in [2.05, 4.69) is 15.3 Å². The first kappa shape index (κ1) is 19.3. The van der Waals surface area contributed by atoms with E-state index in [1.54, 1.807) is 11.1 Å². The maximum atomic E-state index is 12.8. The monoisotopic (exact) mass is 406 g/mol. The van der Waals surface area contributed by atoms with E-state index in [1.165, 1.54) is 11.3 Å². The smallest absolute Gasteiger partial charge is 0.253 e. The second-order valence-electron chi connectivity index (χ2n) is 7.20. The zero-order valence-electron chi connectivity index (χ0n) is 16.2. The third kappa shape index (κ3) is 4.51. The summed E-state index contributed by atoms with van der Waals surface area (Å²) in [4.78, 5) is 36.1. The van der Waals surface area contributed by atoms with Crippen LogP contribution in [0.1, 0.15) is 28.8 Å². The molecule has 3 aromatic rings. The van der Waals surface area contributed by atoms with Gasteiger partial charge < -0.3 is 10.2 Å². The van der Waals surface area contributed by atoms with E-state index in [-0.39, 0.29) is 17.7 Å². The second-order valence-corrected chi connectivity index (χ2v) is 8.06. The molecule has 148 valence electrons. The first-order chi connectivity index (χ1) is 14.1. The number of likely N-dealkylation sites (tertiary alicyclic amines) is 1. The van der Waals surface area contributed by atoms with E-state index >= 15 is 0 Å². The molecular formula is C22H22N4O2S. The van der Waals surface area contributed by atoms with Crippen LogP contribution in [-0.2, 0) is 4.79 Å². The average Bonchev–Trinajstić information content (AvgIpc) is 3.23. The minimum Gasteiger partial charge on any atom is -0.338 e. The lowest BCUT2D eigenvalue weighted by atomic mass is 9.96. The Labute approximate surface area is 173 Å². The van der Waals surface area contributed by atoms with Crippen molar-refractivity contribution in [2.24, 2.45) is 5.92 Å². The number of hydrogen-bond acceptors (Lipinski definition) is 5. The number of pyridine rings is 1. The summed E-state index contributed by atoms with van der Waals surface area (Å²) in [5.74, 6) is -0.345. The summed E-state index contributed by atoms with van der Waals surface area (Å²) in [5, 5.41) is 5.35. The van der Waals surface area contributed by atoms with Crippen LogP contribution in [-0.4, -0.2) is 39.8 Å². The molecule has 7 heteroatoms. The number of nitrogens with one attached hydrogen (secondary N) is 1. The number of aromatic nitrogens is 2. The van der Waals surface area contributed by atoms with Crippen LogP contribution in [0.2, 0.25) is 0 Å². The van der Waals surface area contributed by atoms with Gasteiger partial charge in [-0.3, -0.25) is 14.6 Å². The molecule has 2 aromatic heterocycles. The van der Waals surface area contributed by atoms with Gasteiger partial charge in [0.25, 0.3) is 5.91 Å². The third-order valence-corrected chi connectivity index (χ3v) is 5.80. The van der Waals surface area contributed by atoms with Gasteiger partial charge in [-0.1, -0.05) is 23.8 Å². The van der Waals surface area contributed by atoms with Gasteiger partial charge in [0.05, 0.1) is 11.6 Å². The fraction of sp³-hybridized carbons (Fsp3) is 0.273. The number of amides is 2. The normalized spacial score (nSPS) is 16.4. The molecule has 0 spiro atoms. The van der Waals surface area contributed by atoms with Gasteiger partial charge in [0, 0.05) is 30.2 Å². The Hall–Kier alpha value is -3.06. The number of aryl methyl sites for hydroxylation is 1. The van der Waals surface area contributed by atoms with Gasteiger partial charge >= 0.3 is 0 Å². The molecular weight excluding hydrogens is 384 g/mol. The largest absolute Gasteiger partial charge is 0.338 e. The lowest BCUT2D eigenvalue weighted by Gasteiger charge is -2.32. The standard InChI is InChI=1S/C22H22N4O2S/c1-15-7-9-16(10-8-15)21(28)26-12-4-5-17(13-26)20(27)25-22-24-19(14-29-22)18-6-2-3-11-23-18/h2-3,6-11,14,17H,4-5,12-13H2,1H3,(H,24,25,27). The molecule has 4 rings (SSSR count). The van der Waals surface area contributed by atoms with Crippen molar-refractivity contribution in [3.63, 3.8) is 0 Å². The molecule has 1 N–H and O–H groups in total. The van der Waals surface area contributed by atoms with Crippen LogP contribution in [0.4, 0.5) is 5.13 Å². The predicted octanol–water partition coefficient (Wildman–Crippen LogP) is 4.00. The lowest BCUT2D eigenvalue weighted by molar-refractivity contribution is -0.121. The van der Waals surface area contributed by atoms with Crippen molar-refractivity contribution in [1.29, 1.82) is 0 Å². The maximum absolute atomic E-state index is 12.8. The number of benzene rings is 1. The molecule has 1 fully saturated rings. The van der Waals surface area contributed by atoms with Crippen molar-refractivity contribution < 1.29 is 9.59 Å². The summed E-state index contributed by atoms with van der Waals surface area (Å²) in [5.41, 5.74) is 3.30. The minimum absolute atomic E-state index is 0.0193. The van der Waals surface area contributed by atoms with Crippen LogP contribution < -0.4 is 5.32 Å². The Morgan fingerprint density at radius 2 is 1.97 bits per heavy atom. The Balaban J connectivity index is 1.39. The Morgan fingerprint density at radius 1 is 1.14 bits per heavy atom. The van der Waals surface area contributed by atoms with Gasteiger partial charge in [-0.05, 0) is 44.0 Å². The molecule has 0 radical (unpaired) electrons. The Kier molecular flexibility index (Phi) is 5.67. The van der Waals surface area contributed by atoms with Gasteiger partial charge in [0.15, 0.2) is 5.13 Å². The molecule has 1 aliphatic heterocycles. The second kappa shape index (κ2) is 8.53. The molecule has 3 heterocycles. The number of anilines is 1. The number of carbonyl (C=O) groups excluding carboxylic acids is 2. The maximum Gasteiger partial charge on any atom is 0.253 e. The van der Waals surface area contributed by atoms with Crippen LogP contribution in [0.25, 0.3) is 11.4 Å². The van der Waals surface area contributed by atoms with E-state index in [1.807, 2.05) is 54.8 Å². The van der Waals surface area contributed by atoms with E-state index in [4.69, 9.17) is 0 Å². The van der Waals surface area contributed by atoms with Crippen LogP contribution >= 0.6 is 11.3 Å². The quantitative estimate of drug-likeness (QED) is 0.710. The van der Waals surface area contributed by atoms with Gasteiger partial charge in [0.1, 0.15) is 5.69 Å². The minimum atomic E-state index is -0.236. The van der Waals surface area contributed by atoms with Crippen molar-refractivity contribution in [2.45, 2.75) is 19.8 Å². The highest BCUT2D eigenvalue weighted by molar-refractivity contribution is 7.14. The van der Waals surface area contributed by atoms with E-state index in [9.17, 15) is 9.59 Å². The Bertz CT molecular complexity index is 1000. The van der Waals surface area contributed by atoms with E-state index in [0.29, 0.717) is 23.8 Å². The summed E-state index contributed by atoms with van der Waals surface area (Å²) in [6.45, 7) is 3.10. The average molecular weight is 407 g/mol. The van der Waals surface area contributed by atoms with Crippen molar-refractivity contribution in [3.8, 4) is 11.4 Å². The van der Waals surface area contributed by atoms with E-state index < -0.39 is 0 Å². The molecule has 1 aromatic carbocycles. The van der Waals surface area contributed by atoms with Crippen LogP contribution in [0.5, 0.6) is 0 Å².